The average Bonchev–Trinajstić information content (AvgIpc) is 2.53. The summed E-state index contributed by atoms with van der Waals surface area (Å²) in [7, 11) is 7.34. The molecule has 4 nitrogen and oxygen atoms in total. The monoisotopic (exact) mass is 310 g/mol. The molecule has 22 heavy (non-hydrogen) atoms. The number of benzene rings is 1. The van der Waals surface area contributed by atoms with Crippen LogP contribution in [0.3, 0.4) is 0 Å². The largest absolute Gasteiger partial charge is 0.493 e. The third kappa shape index (κ3) is 3.52. The van der Waals surface area contributed by atoms with E-state index < -0.39 is 0 Å². The Balaban J connectivity index is 2.14. The molecular formula is C17H27FN2O2. The van der Waals surface area contributed by atoms with E-state index in [1.807, 2.05) is 0 Å². The molecule has 1 aromatic carbocycles. The Morgan fingerprint density at radius 1 is 1.14 bits per heavy atom. The second kappa shape index (κ2) is 7.29. The van der Waals surface area contributed by atoms with E-state index in [0.29, 0.717) is 23.1 Å². The van der Waals surface area contributed by atoms with Gasteiger partial charge in [0, 0.05) is 36.8 Å². The van der Waals surface area contributed by atoms with Crippen LogP contribution in [-0.2, 0) is 0 Å². The van der Waals surface area contributed by atoms with Crippen molar-refractivity contribution in [3.8, 4) is 11.5 Å². The highest BCUT2D eigenvalue weighted by molar-refractivity contribution is 5.44. The third-order valence-corrected chi connectivity index (χ3v) is 4.73. The molecule has 5 heteroatoms. The van der Waals surface area contributed by atoms with Gasteiger partial charge in [-0.3, -0.25) is 4.90 Å². The molecule has 0 spiro atoms. The lowest BCUT2D eigenvalue weighted by Gasteiger charge is -2.38. The number of ether oxygens (including phenoxy) is 2. The number of halogens is 1. The first kappa shape index (κ1) is 17.0. The van der Waals surface area contributed by atoms with E-state index in [9.17, 15) is 4.39 Å². The molecule has 1 aliphatic heterocycles. The predicted octanol–water partition coefficient (Wildman–Crippen LogP) is 2.93. The van der Waals surface area contributed by atoms with Gasteiger partial charge in [0.1, 0.15) is 5.82 Å². The summed E-state index contributed by atoms with van der Waals surface area (Å²) in [5, 5.41) is 0. The third-order valence-electron chi connectivity index (χ3n) is 4.73. The minimum atomic E-state index is -0.236. The van der Waals surface area contributed by atoms with Crippen LogP contribution < -0.4 is 9.47 Å². The Morgan fingerprint density at radius 3 is 2.18 bits per heavy atom. The Bertz CT molecular complexity index is 500. The highest BCUT2D eigenvalue weighted by Crippen LogP contribution is 2.35. The number of piperidine rings is 1. The number of likely N-dealkylation sites (tertiary alicyclic amines) is 1. The van der Waals surface area contributed by atoms with Gasteiger partial charge in [-0.25, -0.2) is 4.39 Å². The minimum Gasteiger partial charge on any atom is -0.493 e. The van der Waals surface area contributed by atoms with E-state index in [2.05, 4.69) is 30.8 Å². The van der Waals surface area contributed by atoms with Gasteiger partial charge in [-0.05, 0) is 39.9 Å². The SMILES string of the molecule is COc1cc(F)c(C(C)N2CCC(N(C)C)CC2)cc1OC. The molecular weight excluding hydrogens is 283 g/mol. The molecule has 1 heterocycles. The van der Waals surface area contributed by atoms with Gasteiger partial charge in [0.15, 0.2) is 11.5 Å². The molecule has 0 bridgehead atoms. The van der Waals surface area contributed by atoms with Crippen LogP contribution in [-0.4, -0.2) is 57.2 Å². The molecule has 1 aromatic rings. The standard InChI is InChI=1S/C17H27FN2O2/c1-12(20-8-6-13(7-9-20)19(2)3)14-10-16(21-4)17(22-5)11-15(14)18/h10-13H,6-9H2,1-5H3. The molecule has 0 radical (unpaired) electrons. The number of methoxy groups -OCH3 is 2. The summed E-state index contributed by atoms with van der Waals surface area (Å²) in [6.45, 7) is 4.02. The van der Waals surface area contributed by atoms with Gasteiger partial charge < -0.3 is 14.4 Å². The van der Waals surface area contributed by atoms with E-state index in [1.54, 1.807) is 13.2 Å². The normalized spacial score (nSPS) is 18.5. The smallest absolute Gasteiger partial charge is 0.163 e. The first-order chi connectivity index (χ1) is 10.5. The first-order valence-electron chi connectivity index (χ1n) is 7.79. The average molecular weight is 310 g/mol. The maximum Gasteiger partial charge on any atom is 0.163 e. The number of hydrogen-bond acceptors (Lipinski definition) is 4. The lowest BCUT2D eigenvalue weighted by molar-refractivity contribution is 0.113. The fourth-order valence-corrected chi connectivity index (χ4v) is 3.18. The molecule has 1 unspecified atom stereocenters. The van der Waals surface area contributed by atoms with Crippen molar-refractivity contribution < 1.29 is 13.9 Å². The molecule has 1 aliphatic rings. The van der Waals surface area contributed by atoms with Crippen molar-refractivity contribution in [2.75, 3.05) is 41.4 Å². The predicted molar refractivity (Wildman–Crippen MR) is 86.2 cm³/mol. The van der Waals surface area contributed by atoms with E-state index in [4.69, 9.17) is 9.47 Å². The Kier molecular flexibility index (Phi) is 5.64. The Morgan fingerprint density at radius 2 is 1.68 bits per heavy atom. The quantitative estimate of drug-likeness (QED) is 0.835. The lowest BCUT2D eigenvalue weighted by Crippen LogP contribution is -2.42. The fraction of sp³-hybridized carbons (Fsp3) is 0.647. The van der Waals surface area contributed by atoms with Gasteiger partial charge in [0.05, 0.1) is 14.2 Å². The summed E-state index contributed by atoms with van der Waals surface area (Å²) >= 11 is 0. The maximum atomic E-state index is 14.4. The summed E-state index contributed by atoms with van der Waals surface area (Å²) in [5.41, 5.74) is 0.668. The van der Waals surface area contributed by atoms with Crippen molar-refractivity contribution in [2.45, 2.75) is 31.8 Å². The number of nitrogens with zero attached hydrogens (tertiary/aromatic N) is 2. The van der Waals surface area contributed by atoms with Crippen molar-refractivity contribution >= 4 is 0 Å². The van der Waals surface area contributed by atoms with Crippen LogP contribution >= 0.6 is 0 Å². The van der Waals surface area contributed by atoms with Crippen LogP contribution in [0.15, 0.2) is 12.1 Å². The van der Waals surface area contributed by atoms with Gasteiger partial charge >= 0.3 is 0 Å². The lowest BCUT2D eigenvalue weighted by atomic mass is 9.99. The molecule has 0 saturated carbocycles. The second-order valence-electron chi connectivity index (χ2n) is 6.14. The molecule has 2 rings (SSSR count). The van der Waals surface area contributed by atoms with Crippen molar-refractivity contribution in [2.24, 2.45) is 0 Å². The minimum absolute atomic E-state index is 0.0305. The van der Waals surface area contributed by atoms with Crippen molar-refractivity contribution in [1.29, 1.82) is 0 Å². The Labute approximate surface area is 132 Å². The number of rotatable bonds is 5. The summed E-state index contributed by atoms with van der Waals surface area (Å²) in [4.78, 5) is 4.61. The summed E-state index contributed by atoms with van der Waals surface area (Å²) in [6.07, 6.45) is 2.23. The highest BCUT2D eigenvalue weighted by atomic mass is 19.1. The van der Waals surface area contributed by atoms with Crippen molar-refractivity contribution in [1.82, 2.24) is 9.80 Å². The van der Waals surface area contributed by atoms with Gasteiger partial charge in [-0.15, -0.1) is 0 Å². The van der Waals surface area contributed by atoms with Crippen molar-refractivity contribution in [3.63, 3.8) is 0 Å². The molecule has 0 aliphatic carbocycles. The second-order valence-corrected chi connectivity index (χ2v) is 6.14. The van der Waals surface area contributed by atoms with Crippen LogP contribution in [0.4, 0.5) is 4.39 Å². The summed E-state index contributed by atoms with van der Waals surface area (Å²) in [6, 6.07) is 3.83. The zero-order chi connectivity index (χ0) is 16.3. The Hall–Kier alpha value is -1.33. The van der Waals surface area contributed by atoms with Gasteiger partial charge in [0.25, 0.3) is 0 Å². The highest BCUT2D eigenvalue weighted by Gasteiger charge is 2.26. The molecule has 0 aromatic heterocycles. The van der Waals surface area contributed by atoms with Crippen LogP contribution in [0.5, 0.6) is 11.5 Å². The molecule has 1 atom stereocenters. The number of hydrogen-bond donors (Lipinski definition) is 0. The molecule has 0 amide bonds. The zero-order valence-electron chi connectivity index (χ0n) is 14.2. The van der Waals surface area contributed by atoms with Gasteiger partial charge in [-0.2, -0.15) is 0 Å². The van der Waals surface area contributed by atoms with E-state index >= 15 is 0 Å². The van der Waals surface area contributed by atoms with E-state index in [1.165, 1.54) is 13.2 Å². The van der Waals surface area contributed by atoms with Crippen LogP contribution in [0.1, 0.15) is 31.4 Å². The van der Waals surface area contributed by atoms with Gasteiger partial charge in [0.2, 0.25) is 0 Å². The van der Waals surface area contributed by atoms with Crippen LogP contribution in [0.25, 0.3) is 0 Å². The van der Waals surface area contributed by atoms with E-state index in [-0.39, 0.29) is 11.9 Å². The first-order valence-corrected chi connectivity index (χ1v) is 7.79. The molecule has 1 fully saturated rings. The molecule has 124 valence electrons. The van der Waals surface area contributed by atoms with Crippen LogP contribution in [0.2, 0.25) is 0 Å². The zero-order valence-corrected chi connectivity index (χ0v) is 14.2. The fourth-order valence-electron chi connectivity index (χ4n) is 3.18. The summed E-state index contributed by atoms with van der Waals surface area (Å²) in [5.74, 6) is 0.774. The maximum absolute atomic E-state index is 14.4. The van der Waals surface area contributed by atoms with Crippen LogP contribution in [0, 0.1) is 5.82 Å². The molecule has 1 saturated heterocycles. The molecule has 0 N–H and O–H groups in total. The topological polar surface area (TPSA) is 24.9 Å². The summed E-state index contributed by atoms with van der Waals surface area (Å²) < 4.78 is 24.8. The van der Waals surface area contributed by atoms with E-state index in [0.717, 1.165) is 25.9 Å². The van der Waals surface area contributed by atoms with Crippen molar-refractivity contribution in [3.05, 3.63) is 23.5 Å². The van der Waals surface area contributed by atoms with Gasteiger partial charge in [-0.1, -0.05) is 0 Å².